The van der Waals surface area contributed by atoms with E-state index >= 15 is 0 Å². The van der Waals surface area contributed by atoms with Crippen LogP contribution in [0.15, 0.2) is 66.9 Å². The molecule has 3 heterocycles. The number of para-hydroxylation sites is 1. The number of imide groups is 1. The highest BCUT2D eigenvalue weighted by molar-refractivity contribution is 6.31. The van der Waals surface area contributed by atoms with Crippen LogP contribution in [0.2, 0.25) is 5.02 Å². The molecule has 3 aromatic carbocycles. The first kappa shape index (κ1) is 26.6. The molecule has 10 heteroatoms. The van der Waals surface area contributed by atoms with E-state index < -0.39 is 29.5 Å². The maximum atomic E-state index is 14.6. The Morgan fingerprint density at radius 2 is 1.68 bits per heavy atom. The van der Waals surface area contributed by atoms with Crippen molar-refractivity contribution < 1.29 is 23.1 Å². The standard InChI is InChI=1S/C31H23ClF2N4O3/c1-16-11-27(38-18(3)26(34)14-35-38)22-9-6-10-28(29(22)36-16)41-15-24-23(12-19(33)13-25(24)32)17(2)37-30(39)20-7-4-5-8-21(20)31(37)40/h4-14,17H,15H2,1-3H3. The second-order valence-electron chi connectivity index (χ2n) is 9.87. The van der Waals surface area contributed by atoms with Gasteiger partial charge in [0.1, 0.15) is 23.7 Å². The predicted molar refractivity (Wildman–Crippen MR) is 149 cm³/mol. The number of amides is 2. The van der Waals surface area contributed by atoms with Gasteiger partial charge in [0.05, 0.1) is 39.8 Å². The summed E-state index contributed by atoms with van der Waals surface area (Å²) in [6.07, 6.45) is 1.16. The molecule has 0 N–H and O–H groups in total. The van der Waals surface area contributed by atoms with Crippen molar-refractivity contribution in [3.8, 4) is 11.4 Å². The minimum Gasteiger partial charge on any atom is -0.487 e. The zero-order chi connectivity index (χ0) is 29.0. The number of carbonyl (C=O) groups excluding carboxylic acids is 2. The van der Waals surface area contributed by atoms with Crippen LogP contribution in [-0.4, -0.2) is 31.5 Å². The average Bonchev–Trinajstić information content (AvgIpc) is 3.41. The Morgan fingerprint density at radius 3 is 2.34 bits per heavy atom. The number of hydrogen-bond donors (Lipinski definition) is 0. The third kappa shape index (κ3) is 4.42. The topological polar surface area (TPSA) is 77.3 Å². The van der Waals surface area contributed by atoms with Crippen LogP contribution in [0.3, 0.4) is 0 Å². The Labute approximate surface area is 238 Å². The van der Waals surface area contributed by atoms with E-state index in [1.807, 2.05) is 19.1 Å². The number of hydrogen-bond acceptors (Lipinski definition) is 5. The number of carbonyl (C=O) groups is 2. The van der Waals surface area contributed by atoms with E-state index in [1.165, 1.54) is 10.7 Å². The number of benzene rings is 3. The van der Waals surface area contributed by atoms with Crippen LogP contribution in [-0.2, 0) is 6.61 Å². The number of halogens is 3. The molecule has 1 atom stereocenters. The van der Waals surface area contributed by atoms with Crippen LogP contribution in [0.25, 0.3) is 16.6 Å². The van der Waals surface area contributed by atoms with Crippen LogP contribution in [0.4, 0.5) is 8.78 Å². The normalized spacial score (nSPS) is 13.7. The van der Waals surface area contributed by atoms with Gasteiger partial charge >= 0.3 is 0 Å². The maximum absolute atomic E-state index is 14.6. The fraction of sp³-hybridized carbons (Fsp3) is 0.161. The van der Waals surface area contributed by atoms with Gasteiger partial charge in [0.25, 0.3) is 11.8 Å². The van der Waals surface area contributed by atoms with Crippen LogP contribution in [0.1, 0.15) is 56.2 Å². The first-order valence-electron chi connectivity index (χ1n) is 12.8. The number of fused-ring (bicyclic) bond motifs is 2. The van der Waals surface area contributed by atoms with Gasteiger partial charge in [-0.3, -0.25) is 14.5 Å². The minimum absolute atomic E-state index is 0.0937. The molecule has 2 aromatic heterocycles. The summed E-state index contributed by atoms with van der Waals surface area (Å²) in [4.78, 5) is 32.1. The summed E-state index contributed by atoms with van der Waals surface area (Å²) in [5, 5.41) is 4.95. The fourth-order valence-corrected chi connectivity index (χ4v) is 5.52. The van der Waals surface area contributed by atoms with Gasteiger partial charge in [-0.25, -0.2) is 18.4 Å². The van der Waals surface area contributed by atoms with Gasteiger partial charge in [0.2, 0.25) is 0 Å². The highest BCUT2D eigenvalue weighted by atomic mass is 35.5. The first-order chi connectivity index (χ1) is 19.7. The summed E-state index contributed by atoms with van der Waals surface area (Å²) in [6.45, 7) is 5.00. The van der Waals surface area contributed by atoms with Crippen LogP contribution < -0.4 is 4.74 Å². The lowest BCUT2D eigenvalue weighted by molar-refractivity contribution is 0.0593. The molecule has 7 nitrogen and oxygen atoms in total. The highest BCUT2D eigenvalue weighted by Crippen LogP contribution is 2.37. The molecule has 1 unspecified atom stereocenters. The van der Waals surface area contributed by atoms with Crippen molar-refractivity contribution >= 4 is 34.3 Å². The molecular formula is C31H23ClF2N4O3. The van der Waals surface area contributed by atoms with E-state index in [2.05, 4.69) is 10.1 Å². The monoisotopic (exact) mass is 572 g/mol. The van der Waals surface area contributed by atoms with Crippen molar-refractivity contribution in [1.82, 2.24) is 19.7 Å². The lowest BCUT2D eigenvalue weighted by Gasteiger charge is -2.26. The third-order valence-electron chi connectivity index (χ3n) is 7.32. The zero-order valence-electron chi connectivity index (χ0n) is 22.3. The maximum Gasteiger partial charge on any atom is 0.262 e. The van der Waals surface area contributed by atoms with E-state index in [4.69, 9.17) is 16.3 Å². The summed E-state index contributed by atoms with van der Waals surface area (Å²) >= 11 is 6.51. The van der Waals surface area contributed by atoms with E-state index in [0.29, 0.717) is 56.0 Å². The van der Waals surface area contributed by atoms with Gasteiger partial charge in [0.15, 0.2) is 5.82 Å². The molecule has 1 aliphatic rings. The van der Waals surface area contributed by atoms with Crippen molar-refractivity contribution in [2.24, 2.45) is 0 Å². The Balaban J connectivity index is 1.37. The first-order valence-corrected chi connectivity index (χ1v) is 13.2. The molecule has 0 spiro atoms. The number of aromatic nitrogens is 3. The van der Waals surface area contributed by atoms with Gasteiger partial charge in [0, 0.05) is 16.6 Å². The molecule has 0 radical (unpaired) electrons. The van der Waals surface area contributed by atoms with Crippen molar-refractivity contribution in [2.45, 2.75) is 33.4 Å². The number of aryl methyl sites for hydroxylation is 1. The third-order valence-corrected chi connectivity index (χ3v) is 7.65. The van der Waals surface area contributed by atoms with Crippen molar-refractivity contribution in [3.05, 3.63) is 117 Å². The summed E-state index contributed by atoms with van der Waals surface area (Å²) in [7, 11) is 0. The highest BCUT2D eigenvalue weighted by Gasteiger charge is 2.39. The largest absolute Gasteiger partial charge is 0.487 e. The van der Waals surface area contributed by atoms with Crippen molar-refractivity contribution in [1.29, 1.82) is 0 Å². The molecule has 41 heavy (non-hydrogen) atoms. The Morgan fingerprint density at radius 1 is 0.976 bits per heavy atom. The van der Waals surface area contributed by atoms with Crippen LogP contribution in [0.5, 0.6) is 5.75 Å². The molecule has 0 saturated carbocycles. The molecule has 0 bridgehead atoms. The van der Waals surface area contributed by atoms with Gasteiger partial charge in [-0.05, 0) is 62.7 Å². The summed E-state index contributed by atoms with van der Waals surface area (Å²) in [5.74, 6) is -1.54. The smallest absolute Gasteiger partial charge is 0.262 e. The zero-order valence-corrected chi connectivity index (χ0v) is 23.0. The van der Waals surface area contributed by atoms with Gasteiger partial charge in [-0.2, -0.15) is 5.10 Å². The Hall–Kier alpha value is -4.63. The van der Waals surface area contributed by atoms with Crippen LogP contribution in [0, 0.1) is 25.5 Å². The second-order valence-corrected chi connectivity index (χ2v) is 10.3. The molecule has 0 aliphatic carbocycles. The predicted octanol–water partition coefficient (Wildman–Crippen LogP) is 6.91. The van der Waals surface area contributed by atoms with E-state index in [-0.39, 0.29) is 11.6 Å². The number of pyridine rings is 1. The summed E-state index contributed by atoms with van der Waals surface area (Å²) in [5.41, 5.74) is 3.54. The lowest BCUT2D eigenvalue weighted by atomic mass is 10.00. The molecule has 0 fully saturated rings. The number of ether oxygens (including phenoxy) is 1. The van der Waals surface area contributed by atoms with Crippen molar-refractivity contribution in [3.63, 3.8) is 0 Å². The Kier molecular flexibility index (Phi) is 6.54. The van der Waals surface area contributed by atoms with Gasteiger partial charge < -0.3 is 4.74 Å². The molecule has 0 saturated heterocycles. The number of nitrogens with zero attached hydrogens (tertiary/aromatic N) is 4. The van der Waals surface area contributed by atoms with Gasteiger partial charge in [-0.1, -0.05) is 35.9 Å². The lowest BCUT2D eigenvalue weighted by Crippen LogP contribution is -2.33. The second kappa shape index (κ2) is 10.1. The van der Waals surface area contributed by atoms with Gasteiger partial charge in [-0.15, -0.1) is 0 Å². The SMILES string of the molecule is Cc1cc(-n2ncc(F)c2C)c2cccc(OCc3c(Cl)cc(F)cc3C(C)N3C(=O)c4ccccc4C3=O)c2n1. The molecule has 1 aliphatic heterocycles. The van der Waals surface area contributed by atoms with E-state index in [0.717, 1.165) is 17.2 Å². The Bertz CT molecular complexity index is 1850. The minimum atomic E-state index is -0.827. The molecule has 5 aromatic rings. The van der Waals surface area contributed by atoms with E-state index in [9.17, 15) is 18.4 Å². The molecule has 2 amide bonds. The molecular weight excluding hydrogens is 550 g/mol. The fourth-order valence-electron chi connectivity index (χ4n) is 5.25. The molecule has 6 rings (SSSR count). The summed E-state index contributed by atoms with van der Waals surface area (Å²) < 4.78 is 36.4. The van der Waals surface area contributed by atoms with Crippen molar-refractivity contribution in [2.75, 3.05) is 0 Å². The summed E-state index contributed by atoms with van der Waals surface area (Å²) in [6, 6.07) is 15.3. The average molecular weight is 573 g/mol. The van der Waals surface area contributed by atoms with E-state index in [1.54, 1.807) is 50.2 Å². The number of rotatable bonds is 6. The van der Waals surface area contributed by atoms with Crippen LogP contribution >= 0.6 is 11.6 Å². The quantitative estimate of drug-likeness (QED) is 0.207. The molecule has 206 valence electrons.